The van der Waals surface area contributed by atoms with E-state index in [4.69, 9.17) is 4.74 Å². The van der Waals surface area contributed by atoms with Gasteiger partial charge in [0, 0.05) is 42.8 Å². The third kappa shape index (κ3) is 4.00. The number of benzene rings is 2. The smallest absolute Gasteiger partial charge is 0.247 e. The number of hydrogen-bond acceptors (Lipinski definition) is 5. The molecule has 3 aromatic heterocycles. The molecule has 5 aromatic rings. The lowest BCUT2D eigenvalue weighted by molar-refractivity contribution is -0.111. The first-order valence-electron chi connectivity index (χ1n) is 12.0. The van der Waals surface area contributed by atoms with Gasteiger partial charge in [0.2, 0.25) is 11.8 Å². The minimum Gasteiger partial charge on any atom is -0.439 e. The summed E-state index contributed by atoms with van der Waals surface area (Å²) in [4.78, 5) is 20.9. The van der Waals surface area contributed by atoms with Crippen LogP contribution in [0.4, 0.5) is 11.5 Å². The number of aryl methyl sites for hydroxylation is 2. The molecule has 37 heavy (non-hydrogen) atoms. The molecule has 0 spiro atoms. The number of carbonyl (C=O) groups is 1. The lowest BCUT2D eigenvalue weighted by Crippen LogP contribution is -2.06. The molecule has 0 saturated carbocycles. The van der Waals surface area contributed by atoms with Crippen molar-refractivity contribution >= 4 is 28.3 Å². The maximum atomic E-state index is 11.7. The van der Waals surface area contributed by atoms with Crippen LogP contribution in [0, 0.1) is 6.92 Å². The monoisotopic (exact) mass is 487 g/mol. The molecule has 7 nitrogen and oxygen atoms in total. The van der Waals surface area contributed by atoms with Crippen molar-refractivity contribution in [2.75, 3.05) is 10.6 Å². The molecule has 4 heterocycles. The Balaban J connectivity index is 1.48. The maximum Gasteiger partial charge on any atom is 0.247 e. The number of nitrogens with zero attached hydrogens (tertiary/aromatic N) is 3. The summed E-state index contributed by atoms with van der Waals surface area (Å²) in [5, 5.41) is 7.42. The quantitative estimate of drug-likeness (QED) is 0.278. The van der Waals surface area contributed by atoms with Gasteiger partial charge in [-0.1, -0.05) is 30.8 Å². The van der Waals surface area contributed by atoms with Crippen LogP contribution in [0.25, 0.3) is 33.3 Å². The van der Waals surface area contributed by atoms with Gasteiger partial charge >= 0.3 is 0 Å². The maximum absolute atomic E-state index is 11.7. The van der Waals surface area contributed by atoms with E-state index in [9.17, 15) is 4.79 Å². The summed E-state index contributed by atoms with van der Waals surface area (Å²) in [5.41, 5.74) is 8.15. The molecule has 1 aliphatic rings. The van der Waals surface area contributed by atoms with Crippen molar-refractivity contribution in [2.24, 2.45) is 7.05 Å². The summed E-state index contributed by atoms with van der Waals surface area (Å²) in [6.07, 6.45) is 3.09. The molecule has 0 unspecified atom stereocenters. The highest BCUT2D eigenvalue weighted by Gasteiger charge is 2.25. The molecule has 1 amide bonds. The van der Waals surface area contributed by atoms with E-state index in [2.05, 4.69) is 50.9 Å². The number of rotatable bonds is 5. The number of hydrogen-bond donors (Lipinski definition) is 2. The fourth-order valence-corrected chi connectivity index (χ4v) is 4.92. The average Bonchev–Trinajstić information content (AvgIpc) is 3.10. The van der Waals surface area contributed by atoms with E-state index in [0.29, 0.717) is 18.1 Å². The third-order valence-electron chi connectivity index (χ3n) is 6.60. The Morgan fingerprint density at radius 1 is 1.14 bits per heavy atom. The van der Waals surface area contributed by atoms with E-state index in [1.165, 1.54) is 6.08 Å². The van der Waals surface area contributed by atoms with Gasteiger partial charge in [0.25, 0.3) is 0 Å². The number of pyridine rings is 2. The molecule has 0 bridgehead atoms. The Labute approximate surface area is 214 Å². The van der Waals surface area contributed by atoms with E-state index < -0.39 is 0 Å². The van der Waals surface area contributed by atoms with Crippen molar-refractivity contribution in [1.82, 2.24) is 14.5 Å². The first-order chi connectivity index (χ1) is 18.0. The molecular weight excluding hydrogens is 462 g/mol. The first kappa shape index (κ1) is 22.5. The van der Waals surface area contributed by atoms with Gasteiger partial charge in [-0.2, -0.15) is 0 Å². The lowest BCUT2D eigenvalue weighted by atomic mass is 9.95. The van der Waals surface area contributed by atoms with Crippen molar-refractivity contribution in [2.45, 2.75) is 13.5 Å². The second-order valence-electron chi connectivity index (χ2n) is 9.00. The van der Waals surface area contributed by atoms with Crippen LogP contribution in [0.2, 0.25) is 0 Å². The summed E-state index contributed by atoms with van der Waals surface area (Å²) in [6.45, 7) is 6.08. The molecular formula is C30H25N5O2. The number of ether oxygens (including phenoxy) is 1. The molecule has 7 heteroatoms. The Hall–Kier alpha value is -4.91. The molecule has 2 N–H and O–H groups in total. The highest BCUT2D eigenvalue weighted by atomic mass is 16.5. The second-order valence-corrected chi connectivity index (χ2v) is 9.00. The fourth-order valence-electron chi connectivity index (χ4n) is 4.92. The predicted molar refractivity (Wildman–Crippen MR) is 147 cm³/mol. The first-order valence-corrected chi connectivity index (χ1v) is 12.0. The molecule has 2 aromatic carbocycles. The van der Waals surface area contributed by atoms with E-state index in [1.807, 2.05) is 67.7 Å². The van der Waals surface area contributed by atoms with Crippen LogP contribution in [0.1, 0.15) is 11.3 Å². The Morgan fingerprint density at radius 3 is 2.76 bits per heavy atom. The highest BCUT2D eigenvalue weighted by Crippen LogP contribution is 2.46. The minimum absolute atomic E-state index is 0.237. The van der Waals surface area contributed by atoms with Gasteiger partial charge < -0.3 is 19.9 Å². The van der Waals surface area contributed by atoms with E-state index in [-0.39, 0.29) is 5.91 Å². The van der Waals surface area contributed by atoms with Crippen LogP contribution in [0.15, 0.2) is 85.6 Å². The topological polar surface area (TPSA) is 81.1 Å². The zero-order valence-corrected chi connectivity index (χ0v) is 20.6. The summed E-state index contributed by atoms with van der Waals surface area (Å²) in [7, 11) is 2.07. The fraction of sp³-hybridized carbons (Fsp3) is 0.100. The van der Waals surface area contributed by atoms with Crippen LogP contribution in [0.3, 0.4) is 0 Å². The molecule has 0 radical (unpaired) electrons. The van der Waals surface area contributed by atoms with E-state index >= 15 is 0 Å². The van der Waals surface area contributed by atoms with Gasteiger partial charge in [-0.05, 0) is 66.1 Å². The minimum atomic E-state index is -0.237. The molecule has 182 valence electrons. The number of nitrogens with one attached hydrogen (secondary N) is 2. The standard InChI is InChI=1S/C30H25N5O2/c1-4-25(36)34-21-10-8-19(9-11-21)29-27-23-13-12-22(37-26-7-5-6-18(2)33-26)16-20(23)17-32-30-28(27)24(35(29)3)14-15-31-30/h4-16H,1,17H2,2-3H3,(H,31,32)(H,34,36). The normalized spacial score (nSPS) is 11.8. The van der Waals surface area contributed by atoms with Gasteiger partial charge in [-0.15, -0.1) is 0 Å². The number of fused-ring (bicyclic) bond motifs is 2. The van der Waals surface area contributed by atoms with Crippen molar-refractivity contribution in [3.05, 3.63) is 96.8 Å². The Morgan fingerprint density at radius 2 is 1.97 bits per heavy atom. The van der Waals surface area contributed by atoms with Crippen LogP contribution in [0.5, 0.6) is 11.6 Å². The lowest BCUT2D eigenvalue weighted by Gasteiger charge is -2.14. The summed E-state index contributed by atoms with van der Waals surface area (Å²) < 4.78 is 8.29. The van der Waals surface area contributed by atoms with Gasteiger partial charge in [0.15, 0.2) is 0 Å². The van der Waals surface area contributed by atoms with Crippen LogP contribution >= 0.6 is 0 Å². The van der Waals surface area contributed by atoms with Crippen LogP contribution < -0.4 is 15.4 Å². The molecule has 1 aliphatic heterocycles. The van der Waals surface area contributed by atoms with Crippen molar-refractivity contribution < 1.29 is 9.53 Å². The zero-order valence-electron chi connectivity index (χ0n) is 20.6. The largest absolute Gasteiger partial charge is 0.439 e. The predicted octanol–water partition coefficient (Wildman–Crippen LogP) is 6.45. The van der Waals surface area contributed by atoms with E-state index in [1.54, 1.807) is 0 Å². The average molecular weight is 488 g/mol. The third-order valence-corrected chi connectivity index (χ3v) is 6.60. The van der Waals surface area contributed by atoms with Gasteiger partial charge in [-0.3, -0.25) is 4.79 Å². The van der Waals surface area contributed by atoms with Gasteiger partial charge in [0.05, 0.1) is 16.6 Å². The summed E-state index contributed by atoms with van der Waals surface area (Å²) in [6, 6.07) is 21.8. The van der Waals surface area contributed by atoms with Gasteiger partial charge in [-0.25, -0.2) is 9.97 Å². The number of amides is 1. The number of anilines is 2. The second kappa shape index (κ2) is 8.95. The van der Waals surface area contributed by atoms with E-state index in [0.717, 1.165) is 56.1 Å². The van der Waals surface area contributed by atoms with Gasteiger partial charge in [0.1, 0.15) is 11.6 Å². The Bertz CT molecular complexity index is 1690. The van der Waals surface area contributed by atoms with Crippen molar-refractivity contribution in [1.29, 1.82) is 0 Å². The number of carbonyl (C=O) groups excluding carboxylic acids is 1. The summed E-state index contributed by atoms with van der Waals surface area (Å²) in [5.74, 6) is 1.91. The van der Waals surface area contributed by atoms with Crippen molar-refractivity contribution in [3.8, 4) is 34.0 Å². The molecule has 6 rings (SSSR count). The molecule has 0 saturated heterocycles. The molecule has 0 fully saturated rings. The Kier molecular flexibility index (Phi) is 5.45. The molecule has 0 atom stereocenters. The van der Waals surface area contributed by atoms with Crippen LogP contribution in [-0.2, 0) is 18.4 Å². The van der Waals surface area contributed by atoms with Crippen molar-refractivity contribution in [3.63, 3.8) is 0 Å². The highest BCUT2D eigenvalue weighted by molar-refractivity contribution is 6.11. The van der Waals surface area contributed by atoms with Crippen LogP contribution in [-0.4, -0.2) is 20.4 Å². The SMILES string of the molecule is C=CC(=O)Nc1ccc(-c2c3c4c(nccc4n2C)NCc2cc(Oc4cccc(C)n4)ccc2-3)cc1. The molecule has 0 aliphatic carbocycles. The zero-order chi connectivity index (χ0) is 25.5. The summed E-state index contributed by atoms with van der Waals surface area (Å²) >= 11 is 0. The number of aromatic nitrogens is 3.